The number of rotatable bonds is 1. The molecule has 0 aromatic carbocycles. The Bertz CT molecular complexity index is 538. The number of pyridine rings is 1. The van der Waals surface area contributed by atoms with Gasteiger partial charge in [0.25, 0.3) is 0 Å². The molecule has 0 aliphatic heterocycles. The quantitative estimate of drug-likeness (QED) is 0.749. The largest absolute Gasteiger partial charge is 0.253 e. The highest BCUT2D eigenvalue weighted by molar-refractivity contribution is 5.48. The van der Waals surface area contributed by atoms with Crippen LogP contribution < -0.4 is 0 Å². The molecule has 0 amide bonds. The van der Waals surface area contributed by atoms with Crippen molar-refractivity contribution in [1.82, 2.24) is 20.2 Å². The summed E-state index contributed by atoms with van der Waals surface area (Å²) in [6.45, 7) is 4.37. The number of hydrogen-bond acceptors (Lipinski definition) is 4. The summed E-state index contributed by atoms with van der Waals surface area (Å²) in [5.74, 6) is 1.57. The van der Waals surface area contributed by atoms with E-state index in [0.29, 0.717) is 17.7 Å². The van der Waals surface area contributed by atoms with E-state index in [2.05, 4.69) is 34.0 Å². The van der Waals surface area contributed by atoms with Gasteiger partial charge in [0, 0.05) is 18.0 Å². The van der Waals surface area contributed by atoms with Crippen molar-refractivity contribution in [2.24, 2.45) is 0 Å². The summed E-state index contributed by atoms with van der Waals surface area (Å²) in [6, 6.07) is 5.73. The molecular formula is C13H14N4. The first-order valence-electron chi connectivity index (χ1n) is 5.91. The third-order valence-electron chi connectivity index (χ3n) is 3.28. The maximum Gasteiger partial charge on any atom is 0.200 e. The van der Waals surface area contributed by atoms with E-state index < -0.39 is 0 Å². The summed E-state index contributed by atoms with van der Waals surface area (Å²) in [4.78, 5) is 8.87. The number of nitrogens with zero attached hydrogens (tertiary/aromatic N) is 4. The molecule has 0 N–H and O–H groups in total. The zero-order valence-electron chi connectivity index (χ0n) is 9.96. The molecule has 0 fully saturated rings. The second-order valence-electron chi connectivity index (χ2n) is 4.66. The fraction of sp³-hybridized carbons (Fsp3) is 0.385. The predicted molar refractivity (Wildman–Crippen MR) is 64.5 cm³/mol. The molecule has 2 aromatic rings. The first kappa shape index (κ1) is 10.3. The Kier molecular flexibility index (Phi) is 2.35. The summed E-state index contributed by atoms with van der Waals surface area (Å²) < 4.78 is 0. The molecule has 0 spiro atoms. The summed E-state index contributed by atoms with van der Waals surface area (Å²) in [6.07, 6.45) is 2.86. The normalized spacial score (nSPS) is 22.5. The Morgan fingerprint density at radius 1 is 1.06 bits per heavy atom. The van der Waals surface area contributed by atoms with Crippen LogP contribution >= 0.6 is 0 Å². The standard InChI is InChI=1S/C13H14N4/c1-8-7-9(2)12-11(8)15-13(17-16-12)10-5-3-4-6-14-10/h3-6,8-9H,7H2,1-2H3. The highest BCUT2D eigenvalue weighted by Crippen LogP contribution is 2.38. The Balaban J connectivity index is 2.08. The van der Waals surface area contributed by atoms with Crippen molar-refractivity contribution in [3.63, 3.8) is 0 Å². The van der Waals surface area contributed by atoms with Crippen LogP contribution in [0.15, 0.2) is 24.4 Å². The number of hydrogen-bond donors (Lipinski definition) is 0. The van der Waals surface area contributed by atoms with Gasteiger partial charge in [0.1, 0.15) is 5.69 Å². The van der Waals surface area contributed by atoms with Crippen LogP contribution in [0, 0.1) is 0 Å². The fourth-order valence-electron chi connectivity index (χ4n) is 2.42. The molecule has 0 saturated carbocycles. The lowest BCUT2D eigenvalue weighted by Gasteiger charge is -2.04. The molecule has 1 aliphatic rings. The van der Waals surface area contributed by atoms with Crippen LogP contribution in [-0.2, 0) is 0 Å². The molecule has 0 bridgehead atoms. The third-order valence-corrected chi connectivity index (χ3v) is 3.28. The van der Waals surface area contributed by atoms with E-state index in [1.165, 1.54) is 0 Å². The van der Waals surface area contributed by atoms with Gasteiger partial charge in [-0.05, 0) is 18.6 Å². The Morgan fingerprint density at radius 3 is 2.65 bits per heavy atom. The van der Waals surface area contributed by atoms with Crippen LogP contribution in [0.5, 0.6) is 0 Å². The summed E-state index contributed by atoms with van der Waals surface area (Å²) >= 11 is 0. The molecule has 1 aliphatic carbocycles. The zero-order valence-corrected chi connectivity index (χ0v) is 9.96. The van der Waals surface area contributed by atoms with Gasteiger partial charge in [-0.3, -0.25) is 4.98 Å². The minimum absolute atomic E-state index is 0.470. The average Bonchev–Trinajstić information content (AvgIpc) is 2.66. The van der Waals surface area contributed by atoms with Gasteiger partial charge in [0.05, 0.1) is 11.4 Å². The van der Waals surface area contributed by atoms with Crippen molar-refractivity contribution in [2.45, 2.75) is 32.1 Å². The first-order valence-corrected chi connectivity index (χ1v) is 5.91. The molecule has 2 aromatic heterocycles. The van der Waals surface area contributed by atoms with Gasteiger partial charge < -0.3 is 0 Å². The van der Waals surface area contributed by atoms with E-state index >= 15 is 0 Å². The van der Waals surface area contributed by atoms with E-state index in [-0.39, 0.29) is 0 Å². The molecule has 2 heterocycles. The van der Waals surface area contributed by atoms with Gasteiger partial charge in [0.2, 0.25) is 5.82 Å². The van der Waals surface area contributed by atoms with Gasteiger partial charge in [0.15, 0.2) is 0 Å². The van der Waals surface area contributed by atoms with Crippen molar-refractivity contribution in [2.75, 3.05) is 0 Å². The maximum absolute atomic E-state index is 4.62. The Hall–Kier alpha value is -1.84. The molecule has 0 saturated heterocycles. The van der Waals surface area contributed by atoms with Crippen molar-refractivity contribution in [3.05, 3.63) is 35.8 Å². The second-order valence-corrected chi connectivity index (χ2v) is 4.66. The fourth-order valence-corrected chi connectivity index (χ4v) is 2.42. The molecule has 0 radical (unpaired) electrons. The van der Waals surface area contributed by atoms with Crippen LogP contribution in [0.3, 0.4) is 0 Å². The third kappa shape index (κ3) is 1.69. The molecule has 86 valence electrons. The highest BCUT2D eigenvalue weighted by atomic mass is 15.2. The van der Waals surface area contributed by atoms with Gasteiger partial charge in [-0.25, -0.2) is 4.98 Å². The lowest BCUT2D eigenvalue weighted by Crippen LogP contribution is -2.02. The predicted octanol–water partition coefficient (Wildman–Crippen LogP) is 2.54. The van der Waals surface area contributed by atoms with Gasteiger partial charge in [-0.2, -0.15) is 5.10 Å². The van der Waals surface area contributed by atoms with E-state index in [1.807, 2.05) is 18.2 Å². The van der Waals surface area contributed by atoms with Crippen molar-refractivity contribution in [1.29, 1.82) is 0 Å². The zero-order chi connectivity index (χ0) is 11.8. The summed E-state index contributed by atoms with van der Waals surface area (Å²) in [5.41, 5.74) is 2.93. The molecule has 17 heavy (non-hydrogen) atoms. The number of aromatic nitrogens is 4. The number of fused-ring (bicyclic) bond motifs is 1. The van der Waals surface area contributed by atoms with Crippen LogP contribution in [-0.4, -0.2) is 20.2 Å². The highest BCUT2D eigenvalue weighted by Gasteiger charge is 2.29. The van der Waals surface area contributed by atoms with Gasteiger partial charge in [-0.1, -0.05) is 19.9 Å². The molecular weight excluding hydrogens is 212 g/mol. The smallest absolute Gasteiger partial charge is 0.200 e. The molecule has 4 heteroatoms. The minimum atomic E-state index is 0.470. The van der Waals surface area contributed by atoms with Crippen molar-refractivity contribution >= 4 is 0 Å². The van der Waals surface area contributed by atoms with E-state index in [0.717, 1.165) is 23.5 Å². The Morgan fingerprint density at radius 2 is 1.88 bits per heavy atom. The molecule has 4 nitrogen and oxygen atoms in total. The molecule has 2 unspecified atom stereocenters. The average molecular weight is 226 g/mol. The summed E-state index contributed by atoms with van der Waals surface area (Å²) in [5, 5.41) is 8.50. The Labute approximate surface area is 100 Å². The minimum Gasteiger partial charge on any atom is -0.253 e. The molecule has 3 rings (SSSR count). The van der Waals surface area contributed by atoms with Gasteiger partial charge >= 0.3 is 0 Å². The monoisotopic (exact) mass is 226 g/mol. The maximum atomic E-state index is 4.62. The first-order chi connectivity index (χ1) is 8.25. The SMILES string of the molecule is CC1CC(C)c2nc(-c3ccccn3)nnc21. The lowest BCUT2D eigenvalue weighted by molar-refractivity contribution is 0.649. The van der Waals surface area contributed by atoms with Crippen molar-refractivity contribution < 1.29 is 0 Å². The lowest BCUT2D eigenvalue weighted by atomic mass is 10.1. The topological polar surface area (TPSA) is 51.6 Å². The van der Waals surface area contributed by atoms with Gasteiger partial charge in [-0.15, -0.1) is 5.10 Å². The summed E-state index contributed by atoms with van der Waals surface area (Å²) in [7, 11) is 0. The van der Waals surface area contributed by atoms with Crippen LogP contribution in [0.4, 0.5) is 0 Å². The second kappa shape index (κ2) is 3.87. The van der Waals surface area contributed by atoms with Crippen LogP contribution in [0.2, 0.25) is 0 Å². The molecule has 2 atom stereocenters. The van der Waals surface area contributed by atoms with Crippen LogP contribution in [0.1, 0.15) is 43.5 Å². The van der Waals surface area contributed by atoms with Crippen LogP contribution in [0.25, 0.3) is 11.5 Å². The van der Waals surface area contributed by atoms with E-state index in [4.69, 9.17) is 0 Å². The van der Waals surface area contributed by atoms with E-state index in [1.54, 1.807) is 6.20 Å². The van der Waals surface area contributed by atoms with E-state index in [9.17, 15) is 0 Å². The van der Waals surface area contributed by atoms with Crippen molar-refractivity contribution in [3.8, 4) is 11.5 Å².